The molecule has 2 bridgehead atoms. The third kappa shape index (κ3) is 2.84. The molecule has 0 amide bonds. The van der Waals surface area contributed by atoms with Crippen LogP contribution in [0.5, 0.6) is 0 Å². The average molecular weight is 449 g/mol. The summed E-state index contributed by atoms with van der Waals surface area (Å²) in [6, 6.07) is 10.9. The Morgan fingerprint density at radius 2 is 2.10 bits per heavy atom. The summed E-state index contributed by atoms with van der Waals surface area (Å²) in [4.78, 5) is 7.40. The van der Waals surface area contributed by atoms with Gasteiger partial charge in [-0.3, -0.25) is 5.10 Å². The molecule has 3 fully saturated rings. The SMILES string of the molecule is CN1CC2CCC1C(C1=Nc3[nH]ncc3C(c3cccc(C#N)c3Br)C1C#N)C2. The lowest BCUT2D eigenvalue weighted by Crippen LogP contribution is -2.54. The summed E-state index contributed by atoms with van der Waals surface area (Å²) in [5, 5.41) is 27.0. The van der Waals surface area contributed by atoms with Crippen LogP contribution in [-0.2, 0) is 0 Å². The summed E-state index contributed by atoms with van der Waals surface area (Å²) in [6.07, 6.45) is 5.30. The zero-order valence-corrected chi connectivity index (χ0v) is 17.7. The van der Waals surface area contributed by atoms with Crippen LogP contribution in [0, 0.1) is 40.4 Å². The Hall–Kier alpha value is -2.48. The van der Waals surface area contributed by atoms with Gasteiger partial charge in [-0.25, -0.2) is 4.99 Å². The second-order valence-corrected chi connectivity index (χ2v) is 9.20. The largest absolute Gasteiger partial charge is 0.302 e. The van der Waals surface area contributed by atoms with E-state index >= 15 is 0 Å². The Bertz CT molecular complexity index is 1070. The average Bonchev–Trinajstić information content (AvgIpc) is 3.21. The first-order valence-corrected chi connectivity index (χ1v) is 10.8. The maximum atomic E-state index is 10.3. The fraction of sp³-hybridized carbons (Fsp3) is 0.455. The topological polar surface area (TPSA) is 91.9 Å². The van der Waals surface area contributed by atoms with Gasteiger partial charge in [0.1, 0.15) is 6.07 Å². The number of nitrogens with one attached hydrogen (secondary N) is 1. The predicted molar refractivity (Wildman–Crippen MR) is 113 cm³/mol. The number of piperidine rings is 2. The summed E-state index contributed by atoms with van der Waals surface area (Å²) >= 11 is 3.62. The number of nitrogens with zero attached hydrogens (tertiary/aromatic N) is 5. The highest BCUT2D eigenvalue weighted by atomic mass is 79.9. The van der Waals surface area contributed by atoms with Crippen LogP contribution < -0.4 is 0 Å². The Labute approximate surface area is 178 Å². The van der Waals surface area contributed by atoms with Crippen LogP contribution in [-0.4, -0.2) is 40.4 Å². The second-order valence-electron chi connectivity index (χ2n) is 8.41. The highest BCUT2D eigenvalue weighted by molar-refractivity contribution is 9.10. The van der Waals surface area contributed by atoms with Crippen LogP contribution >= 0.6 is 15.9 Å². The van der Waals surface area contributed by atoms with Gasteiger partial charge in [0, 0.05) is 40.2 Å². The molecule has 6 rings (SSSR count). The normalized spacial score (nSPS) is 30.9. The van der Waals surface area contributed by atoms with Crippen molar-refractivity contribution in [3.8, 4) is 12.1 Å². The van der Waals surface area contributed by atoms with Crippen molar-refractivity contribution in [2.45, 2.75) is 31.2 Å². The molecule has 5 unspecified atom stereocenters. The molecule has 1 aromatic carbocycles. The van der Waals surface area contributed by atoms with Crippen molar-refractivity contribution in [2.24, 2.45) is 22.7 Å². The first-order chi connectivity index (χ1) is 14.1. The van der Waals surface area contributed by atoms with Gasteiger partial charge in [0.2, 0.25) is 0 Å². The summed E-state index contributed by atoms with van der Waals surface area (Å²) < 4.78 is 0.753. The van der Waals surface area contributed by atoms with E-state index in [2.05, 4.69) is 50.2 Å². The maximum Gasteiger partial charge on any atom is 0.151 e. The van der Waals surface area contributed by atoms with E-state index < -0.39 is 0 Å². The van der Waals surface area contributed by atoms with Gasteiger partial charge in [-0.2, -0.15) is 15.6 Å². The van der Waals surface area contributed by atoms with E-state index in [9.17, 15) is 10.5 Å². The molecule has 2 aromatic rings. The summed E-state index contributed by atoms with van der Waals surface area (Å²) in [5.41, 5.74) is 3.42. The van der Waals surface area contributed by atoms with E-state index in [1.54, 1.807) is 12.3 Å². The zero-order valence-electron chi connectivity index (χ0n) is 16.1. The third-order valence-corrected chi connectivity index (χ3v) is 7.80. The quantitative estimate of drug-likeness (QED) is 0.746. The molecule has 1 saturated carbocycles. The number of aromatic amines is 1. The number of H-pyrrole nitrogens is 1. The van der Waals surface area contributed by atoms with Crippen LogP contribution in [0.1, 0.15) is 41.9 Å². The van der Waals surface area contributed by atoms with Crippen LogP contribution in [0.2, 0.25) is 0 Å². The number of hydrogen-bond acceptors (Lipinski definition) is 5. The van der Waals surface area contributed by atoms with E-state index in [0.717, 1.165) is 46.5 Å². The fourth-order valence-corrected chi connectivity index (χ4v) is 6.23. The minimum Gasteiger partial charge on any atom is -0.302 e. The number of benzene rings is 1. The Morgan fingerprint density at radius 3 is 2.83 bits per heavy atom. The van der Waals surface area contributed by atoms with Gasteiger partial charge in [-0.1, -0.05) is 12.1 Å². The van der Waals surface area contributed by atoms with Crippen LogP contribution in [0.25, 0.3) is 0 Å². The summed E-state index contributed by atoms with van der Waals surface area (Å²) in [5.74, 6) is 1.13. The molecule has 29 heavy (non-hydrogen) atoms. The lowest BCUT2D eigenvalue weighted by molar-refractivity contribution is 0.0454. The molecule has 6 nitrogen and oxygen atoms in total. The lowest BCUT2D eigenvalue weighted by atomic mass is 9.65. The van der Waals surface area contributed by atoms with Crippen LogP contribution in [0.4, 0.5) is 5.82 Å². The van der Waals surface area contributed by atoms with Crippen molar-refractivity contribution in [3.63, 3.8) is 0 Å². The monoisotopic (exact) mass is 448 g/mol. The first kappa shape index (κ1) is 18.5. The first-order valence-electron chi connectivity index (χ1n) is 10.0. The number of nitriles is 2. The molecule has 1 N–H and O–H groups in total. The molecule has 0 radical (unpaired) electrons. The van der Waals surface area contributed by atoms with Crippen LogP contribution in [0.3, 0.4) is 0 Å². The van der Waals surface area contributed by atoms with Gasteiger partial charge in [0.05, 0.1) is 23.7 Å². The molecule has 1 aliphatic carbocycles. The van der Waals surface area contributed by atoms with Crippen molar-refractivity contribution in [1.82, 2.24) is 15.1 Å². The van der Waals surface area contributed by atoms with Gasteiger partial charge in [0.15, 0.2) is 5.82 Å². The van der Waals surface area contributed by atoms with Crippen molar-refractivity contribution in [3.05, 3.63) is 45.6 Å². The van der Waals surface area contributed by atoms with Crippen LogP contribution in [0.15, 0.2) is 33.9 Å². The number of rotatable bonds is 2. The van der Waals surface area contributed by atoms with E-state index in [1.807, 2.05) is 12.1 Å². The Balaban J connectivity index is 1.64. The number of hydrogen-bond donors (Lipinski definition) is 1. The van der Waals surface area contributed by atoms with E-state index in [4.69, 9.17) is 4.99 Å². The standard InChI is InChI=1S/C22H21BrN6/c1-29-11-12-5-6-18(29)15(7-12)21-16(9-25)19(17-10-26-28-22(17)27-21)14-4-2-3-13(8-24)20(14)23/h2-4,10,12,15-16,18-19H,5-7,11H2,1H3,(H,26,28). The van der Waals surface area contributed by atoms with E-state index in [1.165, 1.54) is 6.42 Å². The van der Waals surface area contributed by atoms with E-state index in [0.29, 0.717) is 17.5 Å². The molecule has 4 heterocycles. The Kier molecular flexibility index (Phi) is 4.53. The second kappa shape index (κ2) is 7.09. The molecule has 7 heteroatoms. The molecule has 0 spiro atoms. The van der Waals surface area contributed by atoms with Gasteiger partial charge in [0.25, 0.3) is 0 Å². The van der Waals surface area contributed by atoms with Gasteiger partial charge in [-0.15, -0.1) is 0 Å². The minimum absolute atomic E-state index is 0.199. The van der Waals surface area contributed by atoms with Gasteiger partial charge < -0.3 is 4.90 Å². The smallest absolute Gasteiger partial charge is 0.151 e. The third-order valence-electron chi connectivity index (χ3n) is 6.91. The summed E-state index contributed by atoms with van der Waals surface area (Å²) in [7, 11) is 2.19. The zero-order chi connectivity index (χ0) is 20.1. The number of halogens is 1. The predicted octanol–water partition coefficient (Wildman–Crippen LogP) is 4.13. The minimum atomic E-state index is -0.372. The fourth-order valence-electron chi connectivity index (χ4n) is 5.63. The molecule has 2 saturated heterocycles. The van der Waals surface area contributed by atoms with Gasteiger partial charge >= 0.3 is 0 Å². The van der Waals surface area contributed by atoms with Crippen molar-refractivity contribution in [2.75, 3.05) is 13.6 Å². The molecule has 5 atom stereocenters. The summed E-state index contributed by atoms with van der Waals surface area (Å²) in [6.45, 7) is 1.14. The van der Waals surface area contributed by atoms with Gasteiger partial charge in [-0.05, 0) is 59.8 Å². The molecular formula is C22H21BrN6. The number of aromatic nitrogens is 2. The molecular weight excluding hydrogens is 428 g/mol. The van der Waals surface area contributed by atoms with Crippen molar-refractivity contribution >= 4 is 27.5 Å². The number of fused-ring (bicyclic) bond motifs is 4. The Morgan fingerprint density at radius 1 is 1.24 bits per heavy atom. The maximum absolute atomic E-state index is 10.3. The number of aliphatic imine (C=N–C) groups is 1. The highest BCUT2D eigenvalue weighted by Crippen LogP contribution is 2.48. The molecule has 1 aromatic heterocycles. The molecule has 3 aliphatic heterocycles. The molecule has 4 aliphatic rings. The molecule has 146 valence electrons. The van der Waals surface area contributed by atoms with E-state index in [-0.39, 0.29) is 17.8 Å². The van der Waals surface area contributed by atoms with Crippen molar-refractivity contribution < 1.29 is 0 Å². The van der Waals surface area contributed by atoms with Crippen molar-refractivity contribution in [1.29, 1.82) is 10.5 Å². The highest BCUT2D eigenvalue weighted by Gasteiger charge is 2.47. The lowest BCUT2D eigenvalue weighted by Gasteiger charge is -2.50.